The molecule has 0 unspecified atom stereocenters. The van der Waals surface area contributed by atoms with E-state index in [0.717, 1.165) is 36.6 Å². The Hall–Kier alpha value is -2.16. The van der Waals surface area contributed by atoms with Crippen LogP contribution in [0, 0.1) is 0 Å². The molecule has 1 aromatic carbocycles. The first-order valence-electron chi connectivity index (χ1n) is 16.2. The first-order chi connectivity index (χ1) is 19.9. The van der Waals surface area contributed by atoms with Crippen molar-refractivity contribution < 1.29 is 26.9 Å². The Morgan fingerprint density at radius 2 is 1.10 bits per heavy atom. The molecule has 0 N–H and O–H groups in total. The molecule has 2 aromatic rings. The van der Waals surface area contributed by atoms with E-state index in [1.807, 2.05) is 12.4 Å². The zero-order valence-electron chi connectivity index (χ0n) is 26.7. The maximum Gasteiger partial charge on any atom is 0.762 e. The van der Waals surface area contributed by atoms with Gasteiger partial charge in [0.1, 0.15) is 5.75 Å². The van der Waals surface area contributed by atoms with Crippen LogP contribution in [0.25, 0.3) is 11.4 Å². The van der Waals surface area contributed by atoms with Crippen LogP contribution in [-0.4, -0.2) is 54.8 Å². The Labute approximate surface area is 254 Å². The molecule has 0 saturated heterocycles. The lowest BCUT2D eigenvalue weighted by Crippen LogP contribution is -3.00. The van der Waals surface area contributed by atoms with Crippen molar-refractivity contribution in [2.75, 3.05) is 32.8 Å². The molecule has 0 bridgehead atoms. The minimum absolute atomic E-state index is 0. The monoisotopic (exact) mass is 597 g/mol. The summed E-state index contributed by atoms with van der Waals surface area (Å²) in [4.78, 5) is 9.26. The smallest absolute Gasteiger partial charge is 0.762 e. The van der Waals surface area contributed by atoms with Gasteiger partial charge in [-0.2, -0.15) is 0 Å². The Bertz CT molecular complexity index is 848. The molecular weight excluding hydrogens is 541 g/mol. The van der Waals surface area contributed by atoms with Crippen molar-refractivity contribution in [1.29, 1.82) is 0 Å². The number of benzene rings is 1. The van der Waals surface area contributed by atoms with Crippen molar-refractivity contribution in [3.05, 3.63) is 42.2 Å². The third-order valence-corrected chi connectivity index (χ3v) is 7.64. The average Bonchev–Trinajstić information content (AvgIpc) is 2.98. The van der Waals surface area contributed by atoms with Gasteiger partial charge >= 0.3 is 7.54 Å². The summed E-state index contributed by atoms with van der Waals surface area (Å²) in [6.07, 6.45) is 21.9. The van der Waals surface area contributed by atoms with Gasteiger partial charge in [-0.3, -0.25) is 12.9 Å². The number of aryl methyl sites for hydroxylation is 1. The van der Waals surface area contributed by atoms with Crippen LogP contribution in [0.15, 0.2) is 36.7 Å². The fourth-order valence-electron chi connectivity index (χ4n) is 5.18. The molecule has 0 radical (unpaired) electrons. The Morgan fingerprint density at radius 3 is 1.60 bits per heavy atom. The number of ether oxygens (including phenoxy) is 1. The average molecular weight is 598 g/mol. The second-order valence-corrected chi connectivity index (χ2v) is 11.2. The van der Waals surface area contributed by atoms with Crippen molar-refractivity contribution in [1.82, 2.24) is 9.97 Å². The summed E-state index contributed by atoms with van der Waals surface area (Å²) >= 11 is 0. The maximum atomic E-state index is 9.67. The van der Waals surface area contributed by atoms with Crippen LogP contribution in [0.5, 0.6) is 5.75 Å². The van der Waals surface area contributed by atoms with Crippen molar-refractivity contribution in [2.24, 2.45) is 0 Å². The van der Waals surface area contributed by atoms with Gasteiger partial charge in [-0.05, 0) is 61.9 Å². The molecule has 0 saturated carbocycles. The van der Waals surface area contributed by atoms with Gasteiger partial charge < -0.3 is 13.9 Å². The molecule has 0 aliphatic rings. The van der Waals surface area contributed by atoms with Crippen LogP contribution < -0.4 is 9.44 Å². The number of halogens is 4. The quantitative estimate of drug-likeness (QED) is 0.0640. The molecule has 0 atom stereocenters. The minimum Gasteiger partial charge on any atom is -1.00 e. The summed E-state index contributed by atoms with van der Waals surface area (Å²) in [6.45, 7) is 15.2. The molecule has 0 amide bonds. The molecule has 0 aliphatic carbocycles. The van der Waals surface area contributed by atoms with Gasteiger partial charge in [-0.1, -0.05) is 79.1 Å². The summed E-state index contributed by atoms with van der Waals surface area (Å²) in [6, 6.07) is 8.30. The molecule has 0 aliphatic heterocycles. The number of rotatable bonds is 22. The molecule has 240 valence electrons. The lowest BCUT2D eigenvalue weighted by atomic mass is 10.1. The van der Waals surface area contributed by atoms with E-state index < -0.39 is 7.54 Å². The second kappa shape index (κ2) is 25.4. The highest BCUT2D eigenvalue weighted by molar-refractivity contribution is 6.33. The topological polar surface area (TPSA) is 35.0 Å². The fraction of sp³-hybridized carbons (Fsp3) is 0.697. The Kier molecular flexibility index (Phi) is 24.1. The number of nitrogens with zero attached hydrogens (tertiary/aromatic N) is 3. The van der Waals surface area contributed by atoms with Crippen LogP contribution in [-0.2, 0) is 6.42 Å². The Balaban J connectivity index is 0.00000315. The lowest BCUT2D eigenvalue weighted by Gasteiger charge is -2.39. The highest BCUT2D eigenvalue weighted by atomic mass is 19.4. The molecule has 1 heterocycles. The second-order valence-electron chi connectivity index (χ2n) is 11.2. The van der Waals surface area contributed by atoms with Crippen LogP contribution in [0.2, 0.25) is 0 Å². The van der Waals surface area contributed by atoms with E-state index in [1.165, 1.54) is 113 Å². The largest absolute Gasteiger partial charge is 1.00 e. The van der Waals surface area contributed by atoms with Crippen molar-refractivity contribution in [3.8, 4) is 17.1 Å². The molecule has 0 fully saturated rings. The predicted octanol–water partition coefficient (Wildman–Crippen LogP) is 6.92. The number of quaternary nitrogens is 1. The summed E-state index contributed by atoms with van der Waals surface area (Å²) in [5.74, 6) is 1.74. The normalized spacial score (nSPS) is 10.9. The molecule has 0 spiro atoms. The number of hydrogen-bond acceptors (Lipinski definition) is 3. The SMILES string of the molecule is CCCCCCCCc1cnc(-c2ccc(OCCC[N+](CCCC)(CCCC)CCCC)cc2)nc1.FB(F)F.[F-]. The highest BCUT2D eigenvalue weighted by Gasteiger charge is 2.25. The van der Waals surface area contributed by atoms with Crippen LogP contribution in [0.3, 0.4) is 0 Å². The first kappa shape index (κ1) is 39.8. The zero-order valence-corrected chi connectivity index (χ0v) is 26.7. The van der Waals surface area contributed by atoms with E-state index in [9.17, 15) is 12.9 Å². The summed E-state index contributed by atoms with van der Waals surface area (Å²) in [7, 11) is -3.67. The number of hydrogen-bond donors (Lipinski definition) is 0. The van der Waals surface area contributed by atoms with E-state index in [-0.39, 0.29) is 4.70 Å². The van der Waals surface area contributed by atoms with Crippen LogP contribution >= 0.6 is 0 Å². The zero-order chi connectivity index (χ0) is 30.2. The molecule has 4 nitrogen and oxygen atoms in total. The third-order valence-electron chi connectivity index (χ3n) is 7.64. The highest BCUT2D eigenvalue weighted by Crippen LogP contribution is 2.21. The number of unbranched alkanes of at least 4 members (excludes halogenated alkanes) is 8. The molecule has 2 rings (SSSR count). The van der Waals surface area contributed by atoms with Gasteiger partial charge in [-0.15, -0.1) is 0 Å². The van der Waals surface area contributed by atoms with Crippen molar-refractivity contribution in [2.45, 2.75) is 118 Å². The minimum atomic E-state index is -3.67. The van der Waals surface area contributed by atoms with Gasteiger partial charge in [0.15, 0.2) is 5.82 Å². The molecular formula is C33H56BF4N3O. The van der Waals surface area contributed by atoms with Crippen molar-refractivity contribution >= 4 is 7.54 Å². The van der Waals surface area contributed by atoms with E-state index in [1.54, 1.807) is 0 Å². The lowest BCUT2D eigenvalue weighted by molar-refractivity contribution is -0.929. The Morgan fingerprint density at radius 1 is 0.643 bits per heavy atom. The predicted molar refractivity (Wildman–Crippen MR) is 168 cm³/mol. The summed E-state index contributed by atoms with van der Waals surface area (Å²) in [5.41, 5.74) is 2.29. The molecule has 9 heteroatoms. The van der Waals surface area contributed by atoms with Gasteiger partial charge in [0.25, 0.3) is 0 Å². The van der Waals surface area contributed by atoms with Crippen LogP contribution in [0.4, 0.5) is 12.9 Å². The van der Waals surface area contributed by atoms with Crippen LogP contribution in [0.1, 0.15) is 117 Å². The summed E-state index contributed by atoms with van der Waals surface area (Å²) in [5, 5.41) is 0. The maximum absolute atomic E-state index is 9.67. The summed E-state index contributed by atoms with van der Waals surface area (Å²) < 4.78 is 36.4. The fourth-order valence-corrected chi connectivity index (χ4v) is 5.18. The van der Waals surface area contributed by atoms with E-state index in [0.29, 0.717) is 0 Å². The van der Waals surface area contributed by atoms with Crippen molar-refractivity contribution in [3.63, 3.8) is 0 Å². The molecule has 42 heavy (non-hydrogen) atoms. The third kappa shape index (κ3) is 18.4. The van der Waals surface area contributed by atoms with Gasteiger partial charge in [0, 0.05) is 24.4 Å². The van der Waals surface area contributed by atoms with E-state index in [2.05, 4.69) is 61.9 Å². The number of aromatic nitrogens is 2. The van der Waals surface area contributed by atoms with E-state index in [4.69, 9.17) is 4.74 Å². The van der Waals surface area contributed by atoms with Gasteiger partial charge in [-0.25, -0.2) is 9.97 Å². The van der Waals surface area contributed by atoms with Gasteiger partial charge in [0.2, 0.25) is 0 Å². The van der Waals surface area contributed by atoms with Gasteiger partial charge in [0.05, 0.1) is 32.8 Å². The molecule has 1 aromatic heterocycles. The standard InChI is InChI=1S/C33H56N3O.BF3.FH/c1-5-9-13-14-15-16-18-30-28-34-33(35-29-30)31-19-21-32(22-20-31)37-27-17-26-36(23-10-6-2,24-11-7-3)25-12-8-4;2-1(3)4;/h19-22,28-29H,5-18,23-27H2,1-4H3;;1H/q+1;;/p-1. The first-order valence-corrected chi connectivity index (χ1v) is 16.2. The van der Waals surface area contributed by atoms with E-state index >= 15 is 0 Å².